The van der Waals surface area contributed by atoms with Crippen LogP contribution >= 0.6 is 15.9 Å². The van der Waals surface area contributed by atoms with Crippen molar-refractivity contribution >= 4 is 31.6 Å². The molecule has 3 rings (SSSR count). The summed E-state index contributed by atoms with van der Waals surface area (Å²) in [4.78, 5) is 26.4. The average Bonchev–Trinajstić information content (AvgIpc) is 2.83. The molecule has 0 aliphatic carbocycles. The van der Waals surface area contributed by atoms with Crippen molar-refractivity contribution in [2.24, 2.45) is 7.05 Å². The first kappa shape index (κ1) is 26.5. The number of rotatable bonds is 9. The van der Waals surface area contributed by atoms with Gasteiger partial charge in [0.25, 0.3) is 15.6 Å². The zero-order chi connectivity index (χ0) is 25.9. The molecule has 8 nitrogen and oxygen atoms in total. The minimum Gasteiger partial charge on any atom is -0.497 e. The van der Waals surface area contributed by atoms with E-state index in [4.69, 9.17) is 4.74 Å². The van der Waals surface area contributed by atoms with Crippen molar-refractivity contribution in [1.82, 2.24) is 9.13 Å². The fraction of sp³-hybridized carbons (Fsp3) is 0.280. The second-order valence-electron chi connectivity index (χ2n) is 7.96. The largest absolute Gasteiger partial charge is 0.497 e. The molecule has 0 saturated heterocycles. The summed E-state index contributed by atoms with van der Waals surface area (Å²) < 4.78 is 37.5. The standard InChI is InChI=1S/C25H28BrN3O5S/c1-6-8-22-23(24(30)27(4)25(31)28(22)7-2)29(16-18-15-19(34-5)11-14-21(18)26)35(32,33)20-12-9-17(3)10-13-20/h6,9-15H,1,7-8,16H2,2-5H3. The first-order chi connectivity index (χ1) is 16.6. The first-order valence-corrected chi connectivity index (χ1v) is 13.2. The number of methoxy groups -OCH3 is 1. The van der Waals surface area contributed by atoms with E-state index in [1.165, 1.54) is 30.9 Å². The summed E-state index contributed by atoms with van der Waals surface area (Å²) in [7, 11) is -1.35. The number of ether oxygens (including phenoxy) is 1. The van der Waals surface area contributed by atoms with Crippen LogP contribution in [-0.4, -0.2) is 24.7 Å². The number of allylic oxidation sites excluding steroid dienone is 1. The lowest BCUT2D eigenvalue weighted by molar-refractivity contribution is 0.414. The summed E-state index contributed by atoms with van der Waals surface area (Å²) in [5, 5.41) is 0. The zero-order valence-electron chi connectivity index (χ0n) is 20.1. The van der Waals surface area contributed by atoms with Crippen LogP contribution in [0.1, 0.15) is 23.7 Å². The molecule has 186 valence electrons. The lowest BCUT2D eigenvalue weighted by Gasteiger charge is -2.28. The normalized spacial score (nSPS) is 11.3. The van der Waals surface area contributed by atoms with Gasteiger partial charge in [0.15, 0.2) is 0 Å². The SMILES string of the molecule is C=CCc1c(N(Cc2cc(OC)ccc2Br)S(=O)(=O)c2ccc(C)cc2)c(=O)n(C)c(=O)n1CC. The van der Waals surface area contributed by atoms with Gasteiger partial charge in [-0.25, -0.2) is 13.2 Å². The molecular weight excluding hydrogens is 534 g/mol. The Morgan fingerprint density at radius 1 is 1.14 bits per heavy atom. The highest BCUT2D eigenvalue weighted by molar-refractivity contribution is 9.10. The van der Waals surface area contributed by atoms with E-state index in [1.54, 1.807) is 43.3 Å². The number of hydrogen-bond acceptors (Lipinski definition) is 5. The predicted molar refractivity (Wildman–Crippen MR) is 141 cm³/mol. The second kappa shape index (κ2) is 10.7. The Balaban J connectivity index is 2.40. The van der Waals surface area contributed by atoms with E-state index in [0.29, 0.717) is 15.8 Å². The van der Waals surface area contributed by atoms with E-state index in [1.807, 2.05) is 6.92 Å². The quantitative estimate of drug-likeness (QED) is 0.371. The summed E-state index contributed by atoms with van der Waals surface area (Å²) in [6.45, 7) is 7.45. The molecule has 0 spiro atoms. The van der Waals surface area contributed by atoms with E-state index >= 15 is 0 Å². The predicted octanol–water partition coefficient (Wildman–Crippen LogP) is 3.77. The molecule has 2 aromatic carbocycles. The van der Waals surface area contributed by atoms with Gasteiger partial charge in [-0.1, -0.05) is 39.7 Å². The van der Waals surface area contributed by atoms with E-state index < -0.39 is 21.3 Å². The molecule has 3 aromatic rings. The molecule has 0 saturated carbocycles. The van der Waals surface area contributed by atoms with Crippen LogP contribution in [0.25, 0.3) is 0 Å². The molecule has 10 heteroatoms. The van der Waals surface area contributed by atoms with Gasteiger partial charge in [-0.3, -0.25) is 18.2 Å². The lowest BCUT2D eigenvalue weighted by Crippen LogP contribution is -2.45. The minimum atomic E-state index is -4.21. The van der Waals surface area contributed by atoms with Crippen molar-refractivity contribution < 1.29 is 13.2 Å². The van der Waals surface area contributed by atoms with Crippen molar-refractivity contribution in [3.05, 3.63) is 97.3 Å². The lowest BCUT2D eigenvalue weighted by atomic mass is 10.2. The molecule has 35 heavy (non-hydrogen) atoms. The second-order valence-corrected chi connectivity index (χ2v) is 10.7. The third kappa shape index (κ3) is 5.13. The van der Waals surface area contributed by atoms with Gasteiger partial charge in [0.1, 0.15) is 11.4 Å². The number of benzene rings is 2. The van der Waals surface area contributed by atoms with Crippen LogP contribution in [0, 0.1) is 6.92 Å². The number of sulfonamides is 1. The molecule has 0 amide bonds. The zero-order valence-corrected chi connectivity index (χ0v) is 22.5. The Hall–Kier alpha value is -3.11. The molecular formula is C25H28BrN3O5S. The van der Waals surface area contributed by atoms with Gasteiger partial charge in [0.2, 0.25) is 0 Å². The molecule has 0 atom stereocenters. The van der Waals surface area contributed by atoms with Gasteiger partial charge < -0.3 is 4.74 Å². The molecule has 0 unspecified atom stereocenters. The molecule has 1 heterocycles. The van der Waals surface area contributed by atoms with Crippen molar-refractivity contribution in [1.29, 1.82) is 0 Å². The molecule has 0 fully saturated rings. The number of aryl methyl sites for hydroxylation is 1. The molecule has 0 N–H and O–H groups in total. The highest BCUT2D eigenvalue weighted by Crippen LogP contribution is 2.30. The molecule has 0 aliphatic rings. The third-order valence-corrected chi connectivity index (χ3v) is 8.24. The van der Waals surface area contributed by atoms with Gasteiger partial charge in [-0.15, -0.1) is 6.58 Å². The first-order valence-electron chi connectivity index (χ1n) is 10.9. The van der Waals surface area contributed by atoms with Crippen LogP contribution in [0.15, 0.2) is 74.1 Å². The van der Waals surface area contributed by atoms with E-state index in [2.05, 4.69) is 22.5 Å². The molecule has 0 radical (unpaired) electrons. The summed E-state index contributed by atoms with van der Waals surface area (Å²) in [5.74, 6) is 0.536. The van der Waals surface area contributed by atoms with Gasteiger partial charge in [-0.2, -0.15) is 0 Å². The van der Waals surface area contributed by atoms with Crippen molar-refractivity contribution in [3.8, 4) is 5.75 Å². The van der Waals surface area contributed by atoms with E-state index in [9.17, 15) is 18.0 Å². The Morgan fingerprint density at radius 2 is 1.80 bits per heavy atom. The maximum absolute atomic E-state index is 14.0. The summed E-state index contributed by atoms with van der Waals surface area (Å²) >= 11 is 3.48. The molecule has 0 bridgehead atoms. The van der Waals surface area contributed by atoms with Gasteiger partial charge in [0, 0.05) is 24.5 Å². The number of hydrogen-bond donors (Lipinski definition) is 0. The van der Waals surface area contributed by atoms with Gasteiger partial charge >= 0.3 is 5.69 Å². The van der Waals surface area contributed by atoms with E-state index in [0.717, 1.165) is 14.4 Å². The van der Waals surface area contributed by atoms with Gasteiger partial charge in [0.05, 0.1) is 24.2 Å². The molecule has 1 aromatic heterocycles. The monoisotopic (exact) mass is 561 g/mol. The van der Waals surface area contributed by atoms with Crippen LogP contribution in [0.4, 0.5) is 5.69 Å². The van der Waals surface area contributed by atoms with Crippen molar-refractivity contribution in [2.45, 2.75) is 38.3 Å². The maximum Gasteiger partial charge on any atom is 0.331 e. The third-order valence-electron chi connectivity index (χ3n) is 5.70. The van der Waals surface area contributed by atoms with Crippen molar-refractivity contribution in [3.63, 3.8) is 0 Å². The van der Waals surface area contributed by atoms with Crippen LogP contribution in [0.5, 0.6) is 5.75 Å². The summed E-state index contributed by atoms with van der Waals surface area (Å²) in [5.41, 5.74) is 0.448. The number of halogens is 1. The Morgan fingerprint density at radius 3 is 2.37 bits per heavy atom. The highest BCUT2D eigenvalue weighted by atomic mass is 79.9. The maximum atomic E-state index is 14.0. The Labute approximate surface area is 213 Å². The smallest absolute Gasteiger partial charge is 0.331 e. The highest BCUT2D eigenvalue weighted by Gasteiger charge is 2.32. The van der Waals surface area contributed by atoms with Crippen molar-refractivity contribution in [2.75, 3.05) is 11.4 Å². The Kier molecular flexibility index (Phi) is 8.07. The fourth-order valence-electron chi connectivity index (χ4n) is 3.79. The number of nitrogens with zero attached hydrogens (tertiary/aromatic N) is 3. The van der Waals surface area contributed by atoms with Crippen LogP contribution in [-0.2, 0) is 36.6 Å². The summed E-state index contributed by atoms with van der Waals surface area (Å²) in [6, 6.07) is 11.6. The number of aromatic nitrogens is 2. The van der Waals surface area contributed by atoms with Crippen LogP contribution in [0.2, 0.25) is 0 Å². The number of anilines is 1. The van der Waals surface area contributed by atoms with E-state index in [-0.39, 0.29) is 35.8 Å². The average molecular weight is 562 g/mol. The van der Waals surface area contributed by atoms with Gasteiger partial charge in [-0.05, 0) is 49.7 Å². The fourth-order valence-corrected chi connectivity index (χ4v) is 5.63. The van der Waals surface area contributed by atoms with Crippen LogP contribution in [0.3, 0.4) is 0 Å². The topological polar surface area (TPSA) is 90.6 Å². The summed E-state index contributed by atoms with van der Waals surface area (Å²) in [6.07, 6.45) is 1.68. The molecule has 0 aliphatic heterocycles. The minimum absolute atomic E-state index is 0.0305. The Bertz CT molecular complexity index is 1470. The van der Waals surface area contributed by atoms with Crippen LogP contribution < -0.4 is 20.3 Å².